The molecule has 6 aromatic rings. The van der Waals surface area contributed by atoms with Gasteiger partial charge in [-0.3, -0.25) is 0 Å². The van der Waals surface area contributed by atoms with Gasteiger partial charge in [-0.15, -0.1) is 0 Å². The van der Waals surface area contributed by atoms with Gasteiger partial charge in [-0.1, -0.05) is 182 Å². The second kappa shape index (κ2) is 18.3. The monoisotopic (exact) mass is 706 g/mol. The van der Waals surface area contributed by atoms with Crippen molar-refractivity contribution in [3.63, 3.8) is 0 Å². The van der Waals surface area contributed by atoms with Crippen molar-refractivity contribution >= 4 is 12.2 Å². The van der Waals surface area contributed by atoms with Crippen molar-refractivity contribution in [3.8, 4) is 11.1 Å². The highest BCUT2D eigenvalue weighted by Crippen LogP contribution is 2.52. The highest BCUT2D eigenvalue weighted by molar-refractivity contribution is 5.79. The molecular weight excluding hydrogens is 653 g/mol. The Bertz CT molecular complexity index is 2250. The number of aliphatic hydroxyl groups is 1. The summed E-state index contributed by atoms with van der Waals surface area (Å²) in [5.74, 6) is 0. The van der Waals surface area contributed by atoms with E-state index in [4.69, 9.17) is 0 Å². The van der Waals surface area contributed by atoms with E-state index in [0.717, 1.165) is 33.4 Å². The number of benzene rings is 6. The second-order valence-electron chi connectivity index (χ2n) is 14.0. The topological polar surface area (TPSA) is 20.2 Å². The van der Waals surface area contributed by atoms with Gasteiger partial charge >= 0.3 is 0 Å². The van der Waals surface area contributed by atoms with Gasteiger partial charge in [0.25, 0.3) is 0 Å². The molecule has 0 aliphatic carbocycles. The van der Waals surface area contributed by atoms with E-state index in [1.807, 2.05) is 12.1 Å². The van der Waals surface area contributed by atoms with Crippen molar-refractivity contribution in [3.05, 3.63) is 237 Å². The molecule has 6 rings (SSSR count). The molecule has 0 unspecified atom stereocenters. The molecule has 272 valence electrons. The lowest BCUT2D eigenvalue weighted by Gasteiger charge is -2.42. The Morgan fingerprint density at radius 1 is 0.574 bits per heavy atom. The molecule has 0 radical (unpaired) electrons. The maximum absolute atomic E-state index is 11.2. The molecule has 0 heterocycles. The molecule has 0 bridgehead atoms. The fraction of sp³-hybridized carbons (Fsp3) is 0.170. The molecule has 0 fully saturated rings. The number of hydrogen-bond acceptors (Lipinski definition) is 1. The molecular formula is C53H54O. The molecule has 1 heteroatoms. The van der Waals surface area contributed by atoms with Gasteiger partial charge in [0.15, 0.2) is 0 Å². The minimum atomic E-state index is -0.690. The number of aryl methyl sites for hydroxylation is 5. The van der Waals surface area contributed by atoms with Gasteiger partial charge in [0.05, 0.1) is 12.0 Å². The first-order valence-corrected chi connectivity index (χ1v) is 18.9. The Kier molecular flexibility index (Phi) is 13.4. The summed E-state index contributed by atoms with van der Waals surface area (Å²) in [5.41, 5.74) is 16.9. The summed E-state index contributed by atoms with van der Waals surface area (Å²) in [4.78, 5) is 0. The number of rotatable bonds is 10. The van der Waals surface area contributed by atoms with Gasteiger partial charge in [-0.05, 0) is 126 Å². The summed E-state index contributed by atoms with van der Waals surface area (Å²) < 4.78 is 0. The average molecular weight is 707 g/mol. The minimum absolute atomic E-state index is 0.0730. The third-order valence-electron chi connectivity index (χ3n) is 10.6. The van der Waals surface area contributed by atoms with Gasteiger partial charge in [0.1, 0.15) is 0 Å². The summed E-state index contributed by atoms with van der Waals surface area (Å²) in [6, 6.07) is 49.0. The zero-order valence-corrected chi connectivity index (χ0v) is 33.0. The van der Waals surface area contributed by atoms with Gasteiger partial charge in [0.2, 0.25) is 0 Å². The Balaban J connectivity index is 0.000000310. The molecule has 0 saturated carbocycles. The first-order valence-electron chi connectivity index (χ1n) is 18.9. The first-order chi connectivity index (χ1) is 26.2. The standard InChI is InChI=1S/C38H40O.C15H14/c1-8-16-33(26(3)9-2)38(34-21-14-11-18-28(34)5,35-22-15-12-19-29(35)6)36-24-23-30(7)37(32(36)25-39)31-20-13-10-17-27(31)4;1-13-7-5-6-10-15(13)12-11-14-8-3-2-4-9-14/h8-24,39H,1,25H2,2-7H3;2-12H,1H3/b26-9-,33-16+;12-11-. The third kappa shape index (κ3) is 8.23. The molecule has 6 aromatic carbocycles. The number of allylic oxidation sites excluding steroid dienone is 5. The van der Waals surface area contributed by atoms with E-state index in [0.29, 0.717) is 0 Å². The lowest BCUT2D eigenvalue weighted by atomic mass is 9.59. The van der Waals surface area contributed by atoms with Gasteiger partial charge in [-0.2, -0.15) is 0 Å². The van der Waals surface area contributed by atoms with Crippen LogP contribution in [-0.2, 0) is 12.0 Å². The Hall–Kier alpha value is -5.76. The van der Waals surface area contributed by atoms with Crippen molar-refractivity contribution in [1.82, 2.24) is 0 Å². The molecule has 0 amide bonds. The van der Waals surface area contributed by atoms with Crippen molar-refractivity contribution in [2.75, 3.05) is 0 Å². The van der Waals surface area contributed by atoms with E-state index in [9.17, 15) is 5.11 Å². The SMILES string of the molecule is C=C/C=C(\C(C)=C/C)C(c1ccccc1C)(c1ccccc1C)c1ccc(C)c(-c2ccccc2C)c1CO.Cc1ccccc1/C=C\c1ccccc1. The van der Waals surface area contributed by atoms with Crippen LogP contribution in [0.3, 0.4) is 0 Å². The zero-order valence-electron chi connectivity index (χ0n) is 33.0. The molecule has 1 N–H and O–H groups in total. The normalized spacial score (nSPS) is 12.0. The molecule has 0 aromatic heterocycles. The van der Waals surface area contributed by atoms with Crippen LogP contribution in [0, 0.1) is 34.6 Å². The van der Waals surface area contributed by atoms with E-state index in [1.54, 1.807) is 0 Å². The van der Waals surface area contributed by atoms with E-state index >= 15 is 0 Å². The Labute approximate surface area is 324 Å². The van der Waals surface area contributed by atoms with Crippen LogP contribution in [0.5, 0.6) is 0 Å². The van der Waals surface area contributed by atoms with Crippen LogP contribution in [0.15, 0.2) is 175 Å². The summed E-state index contributed by atoms with van der Waals surface area (Å²) in [6.45, 7) is 19.1. The van der Waals surface area contributed by atoms with Crippen molar-refractivity contribution < 1.29 is 5.11 Å². The van der Waals surface area contributed by atoms with Gasteiger partial charge < -0.3 is 5.11 Å². The molecule has 0 aliphatic heterocycles. The smallest absolute Gasteiger partial charge is 0.0712 e. The van der Waals surface area contributed by atoms with Crippen LogP contribution in [0.25, 0.3) is 23.3 Å². The molecule has 0 aliphatic rings. The number of aliphatic hydroxyl groups excluding tert-OH is 1. The van der Waals surface area contributed by atoms with E-state index in [2.05, 4.69) is 213 Å². The molecule has 0 atom stereocenters. The van der Waals surface area contributed by atoms with Crippen molar-refractivity contribution in [1.29, 1.82) is 0 Å². The highest BCUT2D eigenvalue weighted by atomic mass is 16.3. The van der Waals surface area contributed by atoms with Gasteiger partial charge in [-0.25, -0.2) is 0 Å². The fourth-order valence-corrected chi connectivity index (χ4v) is 7.72. The largest absolute Gasteiger partial charge is 0.392 e. The van der Waals surface area contributed by atoms with Crippen LogP contribution in [-0.4, -0.2) is 5.11 Å². The Morgan fingerprint density at radius 3 is 1.65 bits per heavy atom. The van der Waals surface area contributed by atoms with E-state index < -0.39 is 5.41 Å². The third-order valence-corrected chi connectivity index (χ3v) is 10.6. The lowest BCUT2D eigenvalue weighted by molar-refractivity contribution is 0.280. The Morgan fingerprint density at radius 2 is 1.11 bits per heavy atom. The summed E-state index contributed by atoms with van der Waals surface area (Å²) >= 11 is 0. The van der Waals surface area contributed by atoms with Crippen LogP contribution in [0.1, 0.15) is 75.0 Å². The number of hydrogen-bond donors (Lipinski definition) is 1. The lowest BCUT2D eigenvalue weighted by Crippen LogP contribution is -2.35. The predicted octanol–water partition coefficient (Wildman–Crippen LogP) is 13.7. The fourth-order valence-electron chi connectivity index (χ4n) is 7.72. The van der Waals surface area contributed by atoms with Crippen LogP contribution in [0.4, 0.5) is 0 Å². The molecule has 54 heavy (non-hydrogen) atoms. The molecule has 0 spiro atoms. The van der Waals surface area contributed by atoms with Gasteiger partial charge in [0, 0.05) is 0 Å². The first kappa shape index (κ1) is 39.4. The van der Waals surface area contributed by atoms with Crippen LogP contribution in [0.2, 0.25) is 0 Å². The van der Waals surface area contributed by atoms with E-state index in [1.165, 1.54) is 50.1 Å². The molecule has 0 saturated heterocycles. The molecule has 1 nitrogen and oxygen atoms in total. The maximum Gasteiger partial charge on any atom is 0.0712 e. The summed E-state index contributed by atoms with van der Waals surface area (Å²) in [6.07, 6.45) is 10.5. The van der Waals surface area contributed by atoms with Crippen molar-refractivity contribution in [2.45, 2.75) is 60.5 Å². The average Bonchev–Trinajstić information content (AvgIpc) is 3.19. The zero-order chi connectivity index (χ0) is 38.7. The van der Waals surface area contributed by atoms with E-state index in [-0.39, 0.29) is 6.61 Å². The predicted molar refractivity (Wildman–Crippen MR) is 234 cm³/mol. The maximum atomic E-state index is 11.2. The van der Waals surface area contributed by atoms with Crippen LogP contribution < -0.4 is 0 Å². The minimum Gasteiger partial charge on any atom is -0.392 e. The summed E-state index contributed by atoms with van der Waals surface area (Å²) in [5, 5.41) is 11.2. The highest BCUT2D eigenvalue weighted by Gasteiger charge is 2.44. The second-order valence-corrected chi connectivity index (χ2v) is 14.0. The van der Waals surface area contributed by atoms with Crippen LogP contribution >= 0.6 is 0 Å². The summed E-state index contributed by atoms with van der Waals surface area (Å²) in [7, 11) is 0. The van der Waals surface area contributed by atoms with Crippen molar-refractivity contribution in [2.24, 2.45) is 0 Å². The quantitative estimate of drug-likeness (QED) is 0.0854.